The van der Waals surface area contributed by atoms with Gasteiger partial charge in [-0.2, -0.15) is 5.10 Å². The molecule has 1 aromatic carbocycles. The summed E-state index contributed by atoms with van der Waals surface area (Å²) < 4.78 is 7.03. The zero-order chi connectivity index (χ0) is 13.7. The number of benzene rings is 1. The van der Waals surface area contributed by atoms with Crippen molar-refractivity contribution in [1.29, 1.82) is 0 Å². The number of methoxy groups -OCH3 is 1. The highest BCUT2D eigenvalue weighted by Crippen LogP contribution is 2.22. The van der Waals surface area contributed by atoms with Crippen LogP contribution in [0.2, 0.25) is 0 Å². The van der Waals surface area contributed by atoms with Gasteiger partial charge >= 0.3 is 0 Å². The van der Waals surface area contributed by atoms with Gasteiger partial charge in [0, 0.05) is 13.2 Å². The van der Waals surface area contributed by atoms with E-state index in [-0.39, 0.29) is 6.04 Å². The van der Waals surface area contributed by atoms with E-state index >= 15 is 0 Å². The molecular weight excluding hydrogens is 238 g/mol. The van der Waals surface area contributed by atoms with Crippen LogP contribution < -0.4 is 10.1 Å². The minimum absolute atomic E-state index is 0.132. The molecule has 102 valence electrons. The van der Waals surface area contributed by atoms with Gasteiger partial charge in [-0.15, -0.1) is 0 Å². The number of hydrogen-bond donors (Lipinski definition) is 1. The monoisotopic (exact) mass is 259 g/mol. The smallest absolute Gasteiger partial charge is 0.118 e. The van der Waals surface area contributed by atoms with Gasteiger partial charge in [0.15, 0.2) is 0 Å². The van der Waals surface area contributed by atoms with E-state index in [1.807, 2.05) is 30.1 Å². The molecule has 0 aliphatic heterocycles. The number of rotatable bonds is 6. The topological polar surface area (TPSA) is 39.1 Å². The summed E-state index contributed by atoms with van der Waals surface area (Å²) in [6.07, 6.45) is 3.07. The Kier molecular flexibility index (Phi) is 4.58. The molecule has 19 heavy (non-hydrogen) atoms. The molecule has 0 amide bonds. The average Bonchev–Trinajstić information content (AvgIpc) is 2.86. The number of aromatic nitrogens is 2. The number of nitrogens with zero attached hydrogens (tertiary/aromatic N) is 2. The first-order chi connectivity index (χ1) is 9.24. The maximum absolute atomic E-state index is 5.20. The fraction of sp³-hybridized carbons (Fsp3) is 0.400. The average molecular weight is 259 g/mol. The standard InChI is InChI=1S/C15H21N3O/c1-4-10-16-15(14-9-11-18(2)17-14)12-5-7-13(19-3)8-6-12/h5-9,11,15-16H,4,10H2,1-3H3. The lowest BCUT2D eigenvalue weighted by molar-refractivity contribution is 0.414. The van der Waals surface area contributed by atoms with Crippen LogP contribution in [0.3, 0.4) is 0 Å². The number of ether oxygens (including phenoxy) is 1. The molecule has 4 heteroatoms. The van der Waals surface area contributed by atoms with Gasteiger partial charge in [0.25, 0.3) is 0 Å². The molecule has 0 aliphatic rings. The molecule has 0 spiro atoms. The van der Waals surface area contributed by atoms with E-state index in [4.69, 9.17) is 4.74 Å². The summed E-state index contributed by atoms with van der Waals surface area (Å²) in [7, 11) is 3.62. The second-order valence-electron chi connectivity index (χ2n) is 4.57. The van der Waals surface area contributed by atoms with Crippen molar-refractivity contribution in [1.82, 2.24) is 15.1 Å². The van der Waals surface area contributed by atoms with Crippen molar-refractivity contribution < 1.29 is 4.74 Å². The summed E-state index contributed by atoms with van der Waals surface area (Å²) in [5.41, 5.74) is 2.24. The van der Waals surface area contributed by atoms with Crippen LogP contribution in [0.5, 0.6) is 5.75 Å². The van der Waals surface area contributed by atoms with Gasteiger partial charge in [-0.05, 0) is 36.7 Å². The lowest BCUT2D eigenvalue weighted by Gasteiger charge is -2.17. The fourth-order valence-electron chi connectivity index (χ4n) is 2.07. The third-order valence-corrected chi connectivity index (χ3v) is 3.08. The molecule has 1 unspecified atom stereocenters. The van der Waals surface area contributed by atoms with Gasteiger partial charge in [0.2, 0.25) is 0 Å². The van der Waals surface area contributed by atoms with E-state index in [1.165, 1.54) is 5.56 Å². The maximum atomic E-state index is 5.20. The molecule has 0 radical (unpaired) electrons. The van der Waals surface area contributed by atoms with Crippen molar-refractivity contribution >= 4 is 0 Å². The Bertz CT molecular complexity index is 504. The Morgan fingerprint density at radius 2 is 2.00 bits per heavy atom. The van der Waals surface area contributed by atoms with Crippen molar-refractivity contribution in [2.24, 2.45) is 7.05 Å². The lowest BCUT2D eigenvalue weighted by atomic mass is 10.0. The summed E-state index contributed by atoms with van der Waals surface area (Å²) >= 11 is 0. The van der Waals surface area contributed by atoms with Gasteiger partial charge in [0.1, 0.15) is 5.75 Å². The molecule has 1 N–H and O–H groups in total. The van der Waals surface area contributed by atoms with E-state index in [0.717, 1.165) is 24.4 Å². The molecule has 1 atom stereocenters. The quantitative estimate of drug-likeness (QED) is 0.866. The number of nitrogens with one attached hydrogen (secondary N) is 1. The summed E-state index contributed by atoms with van der Waals surface area (Å²) in [6.45, 7) is 3.13. The lowest BCUT2D eigenvalue weighted by Crippen LogP contribution is -2.23. The van der Waals surface area contributed by atoms with Crippen LogP contribution in [0.4, 0.5) is 0 Å². The van der Waals surface area contributed by atoms with Crippen LogP contribution in [0.1, 0.15) is 30.6 Å². The molecule has 0 saturated heterocycles. The van der Waals surface area contributed by atoms with Crippen molar-refractivity contribution in [3.05, 3.63) is 47.8 Å². The van der Waals surface area contributed by atoms with Gasteiger partial charge in [-0.3, -0.25) is 4.68 Å². The summed E-state index contributed by atoms with van der Waals surface area (Å²) in [6, 6.07) is 10.3. The van der Waals surface area contributed by atoms with E-state index in [0.29, 0.717) is 0 Å². The zero-order valence-electron chi connectivity index (χ0n) is 11.8. The predicted molar refractivity (Wildman–Crippen MR) is 76.3 cm³/mol. The molecule has 0 aliphatic carbocycles. The molecule has 2 aromatic rings. The normalized spacial score (nSPS) is 12.4. The Morgan fingerprint density at radius 3 is 2.53 bits per heavy atom. The molecule has 0 bridgehead atoms. The third-order valence-electron chi connectivity index (χ3n) is 3.08. The molecule has 0 saturated carbocycles. The van der Waals surface area contributed by atoms with Crippen molar-refractivity contribution in [3.8, 4) is 5.75 Å². The van der Waals surface area contributed by atoms with Gasteiger partial charge in [-0.25, -0.2) is 0 Å². The SMILES string of the molecule is CCCNC(c1ccc(OC)cc1)c1ccn(C)n1. The Labute approximate surface area is 114 Å². The van der Waals surface area contributed by atoms with Crippen LogP contribution in [-0.4, -0.2) is 23.4 Å². The van der Waals surface area contributed by atoms with Crippen LogP contribution in [0.25, 0.3) is 0 Å². The molecule has 2 rings (SSSR count). The minimum atomic E-state index is 0.132. The van der Waals surface area contributed by atoms with Crippen LogP contribution in [0.15, 0.2) is 36.5 Å². The predicted octanol–water partition coefficient (Wildman–Crippen LogP) is 2.52. The molecule has 0 fully saturated rings. The first-order valence-electron chi connectivity index (χ1n) is 6.61. The van der Waals surface area contributed by atoms with Crippen molar-refractivity contribution in [2.45, 2.75) is 19.4 Å². The summed E-state index contributed by atoms with van der Waals surface area (Å²) in [5, 5.41) is 8.04. The Morgan fingerprint density at radius 1 is 1.26 bits per heavy atom. The third kappa shape index (κ3) is 3.35. The minimum Gasteiger partial charge on any atom is -0.497 e. The highest BCUT2D eigenvalue weighted by Gasteiger charge is 2.15. The van der Waals surface area contributed by atoms with E-state index in [1.54, 1.807) is 7.11 Å². The van der Waals surface area contributed by atoms with Crippen molar-refractivity contribution in [3.63, 3.8) is 0 Å². The van der Waals surface area contributed by atoms with E-state index in [2.05, 4.69) is 35.5 Å². The van der Waals surface area contributed by atoms with Crippen LogP contribution in [-0.2, 0) is 7.05 Å². The van der Waals surface area contributed by atoms with Crippen LogP contribution >= 0.6 is 0 Å². The number of aryl methyl sites for hydroxylation is 1. The summed E-state index contributed by atoms with van der Waals surface area (Å²) in [4.78, 5) is 0. The van der Waals surface area contributed by atoms with Crippen LogP contribution in [0, 0.1) is 0 Å². The largest absolute Gasteiger partial charge is 0.497 e. The van der Waals surface area contributed by atoms with Crippen molar-refractivity contribution in [2.75, 3.05) is 13.7 Å². The summed E-state index contributed by atoms with van der Waals surface area (Å²) in [5.74, 6) is 0.874. The molecule has 1 heterocycles. The highest BCUT2D eigenvalue weighted by atomic mass is 16.5. The van der Waals surface area contributed by atoms with Gasteiger partial charge in [-0.1, -0.05) is 19.1 Å². The van der Waals surface area contributed by atoms with E-state index < -0.39 is 0 Å². The molecular formula is C15H21N3O. The second kappa shape index (κ2) is 6.38. The first kappa shape index (κ1) is 13.6. The first-order valence-corrected chi connectivity index (χ1v) is 6.61. The highest BCUT2D eigenvalue weighted by molar-refractivity contribution is 5.33. The second-order valence-corrected chi connectivity index (χ2v) is 4.57. The van der Waals surface area contributed by atoms with E-state index in [9.17, 15) is 0 Å². The molecule has 1 aromatic heterocycles. The number of hydrogen-bond acceptors (Lipinski definition) is 3. The zero-order valence-corrected chi connectivity index (χ0v) is 11.8. The Balaban J connectivity index is 2.25. The molecule has 4 nitrogen and oxygen atoms in total. The maximum Gasteiger partial charge on any atom is 0.118 e. The fourth-order valence-corrected chi connectivity index (χ4v) is 2.07. The Hall–Kier alpha value is -1.81. The van der Waals surface area contributed by atoms with Gasteiger partial charge < -0.3 is 10.1 Å². The van der Waals surface area contributed by atoms with Gasteiger partial charge in [0.05, 0.1) is 18.8 Å².